The van der Waals surface area contributed by atoms with E-state index in [1.54, 1.807) is 54.6 Å². The Morgan fingerprint density at radius 3 is 2.63 bits per heavy atom. The fourth-order valence-electron chi connectivity index (χ4n) is 2.26. The van der Waals surface area contributed by atoms with Crippen LogP contribution in [-0.4, -0.2) is 25.1 Å². The number of hydrogen-bond donors (Lipinski definition) is 1. The molecule has 0 aliphatic rings. The number of esters is 1. The van der Waals surface area contributed by atoms with Crippen LogP contribution in [0.3, 0.4) is 0 Å². The van der Waals surface area contributed by atoms with Crippen LogP contribution in [0.1, 0.15) is 20.0 Å². The minimum atomic E-state index is -0.495. The smallest absolute Gasteiger partial charge is 0.338 e. The molecule has 0 bridgehead atoms. The van der Waals surface area contributed by atoms with E-state index in [0.717, 1.165) is 0 Å². The van der Waals surface area contributed by atoms with E-state index in [-0.39, 0.29) is 19.1 Å². The molecule has 138 valence electrons. The van der Waals surface area contributed by atoms with Crippen molar-refractivity contribution in [3.05, 3.63) is 81.5 Å². The molecule has 0 saturated carbocycles. The summed E-state index contributed by atoms with van der Waals surface area (Å²) in [5.41, 5.74) is 0.867. The van der Waals surface area contributed by atoms with Crippen molar-refractivity contribution >= 4 is 40.5 Å². The largest absolute Gasteiger partial charge is 0.488 e. The second-order valence-electron chi connectivity index (χ2n) is 5.43. The van der Waals surface area contributed by atoms with Crippen molar-refractivity contribution in [3.8, 4) is 5.75 Å². The molecule has 27 heavy (non-hydrogen) atoms. The molecule has 0 unspecified atom stereocenters. The van der Waals surface area contributed by atoms with Crippen LogP contribution in [0.4, 0.5) is 5.69 Å². The summed E-state index contributed by atoms with van der Waals surface area (Å²) in [5, 5.41) is 5.08. The second-order valence-corrected chi connectivity index (χ2v) is 6.78. The standard InChI is InChI=1S/C20H16ClNO4S/c21-16-7-1-2-8-17(16)25-10-11-26-20(24)14-5-3-6-15(13-14)22-19(23)18-9-4-12-27-18/h1-9,12-13H,10-11H2,(H,22,23). The maximum Gasteiger partial charge on any atom is 0.338 e. The van der Waals surface area contributed by atoms with E-state index in [1.165, 1.54) is 11.3 Å². The molecule has 0 saturated heterocycles. The van der Waals surface area contributed by atoms with Crippen LogP contribution >= 0.6 is 22.9 Å². The van der Waals surface area contributed by atoms with Gasteiger partial charge in [-0.15, -0.1) is 11.3 Å². The number of para-hydroxylation sites is 1. The lowest BCUT2D eigenvalue weighted by molar-refractivity contribution is 0.0450. The highest BCUT2D eigenvalue weighted by Gasteiger charge is 2.11. The molecular formula is C20H16ClNO4S. The Kier molecular flexibility index (Phi) is 6.46. The number of benzene rings is 2. The van der Waals surface area contributed by atoms with Gasteiger partial charge in [0.25, 0.3) is 5.91 Å². The van der Waals surface area contributed by atoms with Crippen LogP contribution in [0, 0.1) is 0 Å². The van der Waals surface area contributed by atoms with Crippen molar-refractivity contribution in [1.82, 2.24) is 0 Å². The number of anilines is 1. The van der Waals surface area contributed by atoms with Crippen LogP contribution < -0.4 is 10.1 Å². The van der Waals surface area contributed by atoms with Gasteiger partial charge in [-0.25, -0.2) is 4.79 Å². The Bertz CT molecular complexity index is 927. The molecule has 0 aliphatic carbocycles. The lowest BCUT2D eigenvalue weighted by Gasteiger charge is -2.09. The Morgan fingerprint density at radius 2 is 1.85 bits per heavy atom. The summed E-state index contributed by atoms with van der Waals surface area (Å²) in [4.78, 5) is 24.9. The topological polar surface area (TPSA) is 64.6 Å². The van der Waals surface area contributed by atoms with Crippen LogP contribution in [0.5, 0.6) is 5.75 Å². The van der Waals surface area contributed by atoms with Crippen molar-refractivity contribution in [2.24, 2.45) is 0 Å². The molecule has 5 nitrogen and oxygen atoms in total. The van der Waals surface area contributed by atoms with Gasteiger partial charge in [0.2, 0.25) is 0 Å². The zero-order valence-electron chi connectivity index (χ0n) is 14.2. The first-order valence-electron chi connectivity index (χ1n) is 8.13. The van der Waals surface area contributed by atoms with Crippen molar-refractivity contribution < 1.29 is 19.1 Å². The van der Waals surface area contributed by atoms with Gasteiger partial charge in [0, 0.05) is 5.69 Å². The number of halogens is 1. The molecule has 2 aromatic carbocycles. The average Bonchev–Trinajstić information content (AvgIpc) is 3.21. The SMILES string of the molecule is O=C(OCCOc1ccccc1Cl)c1cccc(NC(=O)c2cccs2)c1. The quantitative estimate of drug-likeness (QED) is 0.452. The van der Waals surface area contributed by atoms with Gasteiger partial charge in [-0.05, 0) is 41.8 Å². The van der Waals surface area contributed by atoms with Gasteiger partial charge in [-0.1, -0.05) is 35.9 Å². The molecule has 7 heteroatoms. The molecule has 1 aromatic heterocycles. The summed E-state index contributed by atoms with van der Waals surface area (Å²) in [7, 11) is 0. The number of thiophene rings is 1. The number of carbonyl (C=O) groups excluding carboxylic acids is 2. The summed E-state index contributed by atoms with van der Waals surface area (Å²) < 4.78 is 10.7. The zero-order chi connectivity index (χ0) is 19.1. The Labute approximate surface area is 165 Å². The fourth-order valence-corrected chi connectivity index (χ4v) is 3.06. The van der Waals surface area contributed by atoms with E-state index in [4.69, 9.17) is 21.1 Å². The summed E-state index contributed by atoms with van der Waals surface area (Å²) in [6.07, 6.45) is 0. The van der Waals surface area contributed by atoms with Crippen molar-refractivity contribution in [1.29, 1.82) is 0 Å². The summed E-state index contributed by atoms with van der Waals surface area (Å²) >= 11 is 7.34. The number of rotatable bonds is 7. The van der Waals surface area contributed by atoms with E-state index in [9.17, 15) is 9.59 Å². The third kappa shape index (κ3) is 5.32. The molecule has 3 aromatic rings. The number of carbonyl (C=O) groups is 2. The summed E-state index contributed by atoms with van der Waals surface area (Å²) in [6, 6.07) is 17.2. The van der Waals surface area contributed by atoms with Gasteiger partial charge >= 0.3 is 5.97 Å². The van der Waals surface area contributed by atoms with Crippen molar-refractivity contribution in [2.75, 3.05) is 18.5 Å². The minimum absolute atomic E-state index is 0.0792. The minimum Gasteiger partial charge on any atom is -0.488 e. The molecule has 0 aliphatic heterocycles. The third-order valence-electron chi connectivity index (χ3n) is 3.51. The Balaban J connectivity index is 1.51. The van der Waals surface area contributed by atoms with E-state index < -0.39 is 5.97 Å². The van der Waals surface area contributed by atoms with Crippen molar-refractivity contribution in [3.63, 3.8) is 0 Å². The molecule has 0 atom stereocenters. The highest BCUT2D eigenvalue weighted by molar-refractivity contribution is 7.12. The first-order valence-corrected chi connectivity index (χ1v) is 9.38. The molecule has 3 rings (SSSR count). The molecule has 1 amide bonds. The molecule has 1 heterocycles. The van der Waals surface area contributed by atoms with Gasteiger partial charge in [-0.2, -0.15) is 0 Å². The van der Waals surface area contributed by atoms with E-state index in [1.807, 2.05) is 11.4 Å². The maximum atomic E-state index is 12.2. The molecule has 0 fully saturated rings. The molecule has 0 radical (unpaired) electrons. The van der Waals surface area contributed by atoms with Crippen LogP contribution in [0.2, 0.25) is 5.02 Å². The van der Waals surface area contributed by atoms with Gasteiger partial charge in [0.15, 0.2) is 0 Å². The number of ether oxygens (including phenoxy) is 2. The monoisotopic (exact) mass is 401 g/mol. The van der Waals surface area contributed by atoms with Gasteiger partial charge in [0.1, 0.15) is 19.0 Å². The van der Waals surface area contributed by atoms with Gasteiger partial charge in [0.05, 0.1) is 15.5 Å². The Morgan fingerprint density at radius 1 is 1.00 bits per heavy atom. The number of hydrogen-bond acceptors (Lipinski definition) is 5. The maximum absolute atomic E-state index is 12.2. The van der Waals surface area contributed by atoms with Gasteiger partial charge in [-0.3, -0.25) is 4.79 Å². The van der Waals surface area contributed by atoms with E-state index in [0.29, 0.717) is 26.9 Å². The van der Waals surface area contributed by atoms with Crippen molar-refractivity contribution in [2.45, 2.75) is 0 Å². The highest BCUT2D eigenvalue weighted by Crippen LogP contribution is 2.23. The highest BCUT2D eigenvalue weighted by atomic mass is 35.5. The fraction of sp³-hybridized carbons (Fsp3) is 0.100. The van der Waals surface area contributed by atoms with Crippen LogP contribution in [-0.2, 0) is 4.74 Å². The number of nitrogens with one attached hydrogen (secondary N) is 1. The normalized spacial score (nSPS) is 10.3. The van der Waals surface area contributed by atoms with E-state index >= 15 is 0 Å². The zero-order valence-corrected chi connectivity index (χ0v) is 15.8. The van der Waals surface area contributed by atoms with E-state index in [2.05, 4.69) is 5.32 Å². The lowest BCUT2D eigenvalue weighted by atomic mass is 10.2. The number of amides is 1. The summed E-state index contributed by atoms with van der Waals surface area (Å²) in [6.45, 7) is 0.264. The third-order valence-corrected chi connectivity index (χ3v) is 4.69. The average molecular weight is 402 g/mol. The van der Waals surface area contributed by atoms with Crippen LogP contribution in [0.15, 0.2) is 66.0 Å². The first-order chi connectivity index (χ1) is 13.1. The predicted molar refractivity (Wildman–Crippen MR) is 106 cm³/mol. The lowest BCUT2D eigenvalue weighted by Crippen LogP contribution is -2.14. The summed E-state index contributed by atoms with van der Waals surface area (Å²) in [5.74, 6) is -0.179. The second kappa shape index (κ2) is 9.21. The predicted octanol–water partition coefficient (Wildman–Crippen LogP) is 4.89. The van der Waals surface area contributed by atoms with Crippen LogP contribution in [0.25, 0.3) is 0 Å². The molecule has 0 spiro atoms. The first kappa shape index (κ1) is 18.9. The van der Waals surface area contributed by atoms with Gasteiger partial charge < -0.3 is 14.8 Å². The Hall–Kier alpha value is -2.83. The molecule has 1 N–H and O–H groups in total. The molecular weight excluding hydrogens is 386 g/mol.